The summed E-state index contributed by atoms with van der Waals surface area (Å²) in [5.74, 6) is -3.86. The van der Waals surface area contributed by atoms with E-state index in [1.54, 1.807) is 18.2 Å². The second kappa shape index (κ2) is 7.63. The molecular formula is C20H12FN3O7. The molecule has 0 aliphatic carbocycles. The van der Waals surface area contributed by atoms with Gasteiger partial charge in [-0.05, 0) is 30.3 Å². The molecule has 4 aromatic rings. The Balaban J connectivity index is 1.87. The van der Waals surface area contributed by atoms with E-state index in [1.165, 1.54) is 18.2 Å². The van der Waals surface area contributed by atoms with Gasteiger partial charge in [0, 0.05) is 11.6 Å². The zero-order valence-electron chi connectivity index (χ0n) is 15.4. The van der Waals surface area contributed by atoms with Crippen LogP contribution >= 0.6 is 0 Å². The maximum Gasteiger partial charge on any atom is 0.357 e. The van der Waals surface area contributed by atoms with Gasteiger partial charge in [-0.2, -0.15) is 4.98 Å². The molecule has 0 unspecified atom stereocenters. The van der Waals surface area contributed by atoms with Crippen LogP contribution in [0.5, 0.6) is 28.7 Å². The van der Waals surface area contributed by atoms with E-state index in [2.05, 4.69) is 10.1 Å². The van der Waals surface area contributed by atoms with E-state index in [-0.39, 0.29) is 28.6 Å². The van der Waals surface area contributed by atoms with E-state index >= 15 is 0 Å². The van der Waals surface area contributed by atoms with Crippen molar-refractivity contribution in [2.45, 2.75) is 0 Å². The molecule has 156 valence electrons. The third-order valence-corrected chi connectivity index (χ3v) is 4.21. The number of ether oxygens (including phenoxy) is 1. The molecule has 31 heavy (non-hydrogen) atoms. The van der Waals surface area contributed by atoms with Crippen LogP contribution in [0.15, 0.2) is 59.1 Å². The van der Waals surface area contributed by atoms with Crippen molar-refractivity contribution in [3.63, 3.8) is 0 Å². The summed E-state index contributed by atoms with van der Waals surface area (Å²) in [6.45, 7) is 0. The largest absolute Gasteiger partial charge is 0.505 e. The molecule has 1 heterocycles. The summed E-state index contributed by atoms with van der Waals surface area (Å²) >= 11 is 0. The van der Waals surface area contributed by atoms with Crippen molar-refractivity contribution in [2.24, 2.45) is 0 Å². The van der Waals surface area contributed by atoms with Gasteiger partial charge in [-0.1, -0.05) is 23.4 Å². The van der Waals surface area contributed by atoms with Crippen molar-refractivity contribution in [1.29, 1.82) is 0 Å². The number of hydrogen-bond acceptors (Lipinski definition) is 9. The quantitative estimate of drug-likeness (QED) is 0.240. The van der Waals surface area contributed by atoms with Gasteiger partial charge >= 0.3 is 5.69 Å². The van der Waals surface area contributed by atoms with Crippen molar-refractivity contribution >= 4 is 5.69 Å². The van der Waals surface area contributed by atoms with E-state index in [4.69, 9.17) is 9.26 Å². The smallest absolute Gasteiger partial charge is 0.357 e. The molecule has 0 amide bonds. The fraction of sp³-hybridized carbons (Fsp3) is 0. The number of para-hydroxylation sites is 1. The summed E-state index contributed by atoms with van der Waals surface area (Å²) in [6.07, 6.45) is 0. The van der Waals surface area contributed by atoms with Gasteiger partial charge in [-0.3, -0.25) is 10.1 Å². The average molecular weight is 425 g/mol. The van der Waals surface area contributed by atoms with E-state index in [0.29, 0.717) is 0 Å². The number of rotatable bonds is 5. The van der Waals surface area contributed by atoms with Crippen LogP contribution in [-0.4, -0.2) is 30.4 Å². The van der Waals surface area contributed by atoms with Crippen molar-refractivity contribution in [2.75, 3.05) is 0 Å². The van der Waals surface area contributed by atoms with Gasteiger partial charge < -0.3 is 24.6 Å². The number of phenolic OH excluding ortho intramolecular Hbond substituents is 3. The van der Waals surface area contributed by atoms with E-state index < -0.39 is 39.4 Å². The first kappa shape index (κ1) is 19.6. The first-order chi connectivity index (χ1) is 14.8. The Morgan fingerprint density at radius 1 is 1.03 bits per heavy atom. The molecule has 0 saturated carbocycles. The lowest BCUT2D eigenvalue weighted by Gasteiger charge is -2.11. The van der Waals surface area contributed by atoms with Crippen molar-refractivity contribution in [3.8, 4) is 51.6 Å². The van der Waals surface area contributed by atoms with Crippen molar-refractivity contribution < 1.29 is 33.9 Å². The number of nitrogens with zero attached hydrogens (tertiary/aromatic N) is 3. The predicted molar refractivity (Wildman–Crippen MR) is 103 cm³/mol. The molecule has 0 aliphatic rings. The van der Waals surface area contributed by atoms with Gasteiger partial charge in [-0.15, -0.1) is 0 Å². The van der Waals surface area contributed by atoms with Gasteiger partial charge in [0.1, 0.15) is 5.75 Å². The second-order valence-corrected chi connectivity index (χ2v) is 6.23. The Bertz CT molecular complexity index is 1290. The highest BCUT2D eigenvalue weighted by molar-refractivity contribution is 5.79. The lowest BCUT2D eigenvalue weighted by atomic mass is 10.1. The summed E-state index contributed by atoms with van der Waals surface area (Å²) in [5, 5.41) is 44.9. The topological polar surface area (TPSA) is 152 Å². The fourth-order valence-corrected chi connectivity index (χ4v) is 2.77. The van der Waals surface area contributed by atoms with E-state index in [1.807, 2.05) is 0 Å². The minimum atomic E-state index is -0.997. The number of aromatic hydroxyl groups is 3. The van der Waals surface area contributed by atoms with Crippen LogP contribution in [0, 0.1) is 15.9 Å². The third-order valence-electron chi connectivity index (χ3n) is 4.21. The number of nitro benzene ring substituents is 1. The summed E-state index contributed by atoms with van der Waals surface area (Å²) in [5.41, 5.74) is -0.870. The van der Waals surface area contributed by atoms with E-state index in [0.717, 1.165) is 18.2 Å². The number of halogens is 1. The molecule has 3 aromatic carbocycles. The highest BCUT2D eigenvalue weighted by Crippen LogP contribution is 2.50. The fourth-order valence-electron chi connectivity index (χ4n) is 2.77. The number of nitro groups is 1. The zero-order valence-corrected chi connectivity index (χ0v) is 15.4. The van der Waals surface area contributed by atoms with Crippen LogP contribution < -0.4 is 4.74 Å². The predicted octanol–water partition coefficient (Wildman–Crippen LogP) is 4.36. The number of benzene rings is 3. The average Bonchev–Trinajstić information content (AvgIpc) is 3.23. The highest BCUT2D eigenvalue weighted by atomic mass is 19.1. The normalized spacial score (nSPS) is 10.7. The molecule has 0 fully saturated rings. The van der Waals surface area contributed by atoms with Gasteiger partial charge in [-0.25, -0.2) is 4.39 Å². The first-order valence-corrected chi connectivity index (χ1v) is 8.64. The lowest BCUT2D eigenvalue weighted by molar-refractivity contribution is -0.386. The number of hydrogen-bond donors (Lipinski definition) is 3. The Labute approximate surface area is 172 Å². The van der Waals surface area contributed by atoms with Crippen molar-refractivity contribution in [3.05, 3.63) is 70.5 Å². The maximum absolute atomic E-state index is 13.3. The third kappa shape index (κ3) is 3.67. The Morgan fingerprint density at radius 3 is 2.45 bits per heavy atom. The minimum absolute atomic E-state index is 0.0637. The summed E-state index contributed by atoms with van der Waals surface area (Å²) in [6, 6.07) is 12.4. The minimum Gasteiger partial charge on any atom is -0.505 e. The van der Waals surface area contributed by atoms with Gasteiger partial charge in [0.25, 0.3) is 5.89 Å². The molecule has 11 heteroatoms. The lowest BCUT2D eigenvalue weighted by Crippen LogP contribution is -1.97. The Hall–Kier alpha value is -4.67. The monoisotopic (exact) mass is 425 g/mol. The van der Waals surface area contributed by atoms with Crippen LogP contribution in [0.25, 0.3) is 22.8 Å². The Morgan fingerprint density at radius 2 is 1.77 bits per heavy atom. The van der Waals surface area contributed by atoms with Crippen LogP contribution in [0.2, 0.25) is 0 Å². The van der Waals surface area contributed by atoms with Crippen LogP contribution in [0.4, 0.5) is 10.1 Å². The van der Waals surface area contributed by atoms with Crippen LogP contribution in [0.3, 0.4) is 0 Å². The second-order valence-electron chi connectivity index (χ2n) is 6.23. The molecule has 1 aromatic heterocycles. The zero-order chi connectivity index (χ0) is 22.1. The number of aromatic nitrogens is 2. The SMILES string of the molecule is O=[N+]([O-])c1c(O)c(O)cc(-c2nc(-c3ccc(F)c(O)c3)no2)c1Oc1ccccc1. The standard InChI is InChI=1S/C20H12FN3O7/c21-13-7-6-10(8-14(13)25)19-22-20(31-23-19)12-9-15(26)17(27)16(24(28)29)18(12)30-11-4-2-1-3-5-11/h1-9,25-27H. The molecule has 0 saturated heterocycles. The molecule has 0 aliphatic heterocycles. The number of phenols is 3. The van der Waals surface area contributed by atoms with Gasteiger partial charge in [0.05, 0.1) is 10.5 Å². The van der Waals surface area contributed by atoms with Crippen LogP contribution in [0.1, 0.15) is 0 Å². The molecule has 10 nitrogen and oxygen atoms in total. The molecular weight excluding hydrogens is 413 g/mol. The van der Waals surface area contributed by atoms with Crippen LogP contribution in [-0.2, 0) is 0 Å². The highest BCUT2D eigenvalue weighted by Gasteiger charge is 2.32. The molecule has 4 rings (SSSR count). The summed E-state index contributed by atoms with van der Waals surface area (Å²) < 4.78 is 24.1. The van der Waals surface area contributed by atoms with Gasteiger partial charge in [0.2, 0.25) is 17.3 Å². The summed E-state index contributed by atoms with van der Waals surface area (Å²) in [4.78, 5) is 14.8. The van der Waals surface area contributed by atoms with E-state index in [9.17, 15) is 29.8 Å². The van der Waals surface area contributed by atoms with Crippen molar-refractivity contribution in [1.82, 2.24) is 10.1 Å². The molecule has 0 spiro atoms. The maximum atomic E-state index is 13.3. The Kier molecular flexibility index (Phi) is 4.83. The molecule has 0 radical (unpaired) electrons. The van der Waals surface area contributed by atoms with Gasteiger partial charge in [0.15, 0.2) is 17.3 Å². The molecule has 0 atom stereocenters. The first-order valence-electron chi connectivity index (χ1n) is 8.64. The summed E-state index contributed by atoms with van der Waals surface area (Å²) in [7, 11) is 0. The molecule has 0 bridgehead atoms. The molecule has 3 N–H and O–H groups in total.